The van der Waals surface area contributed by atoms with Crippen molar-refractivity contribution < 1.29 is 27.8 Å². The summed E-state index contributed by atoms with van der Waals surface area (Å²) in [5.41, 5.74) is 0.498. The molecule has 0 atom stereocenters. The molecule has 0 spiro atoms. The van der Waals surface area contributed by atoms with Gasteiger partial charge in [0, 0.05) is 19.3 Å². The average molecular weight is 326 g/mol. The van der Waals surface area contributed by atoms with E-state index in [2.05, 4.69) is 0 Å². The minimum absolute atomic E-state index is 0.0191. The van der Waals surface area contributed by atoms with Crippen LogP contribution in [0.2, 0.25) is 0 Å². The number of Topliss-reactive ketones (excluding diaryl/α,β-unsaturated/α-hetero) is 1. The molecular weight excluding hydrogens is 306 g/mol. The van der Waals surface area contributed by atoms with Crippen LogP contribution >= 0.6 is 0 Å². The molecule has 1 aromatic carbocycles. The monoisotopic (exact) mass is 326 g/mol. The normalized spacial score (nSPS) is 20.6. The summed E-state index contributed by atoms with van der Waals surface area (Å²) in [6.45, 7) is 0.683. The molecule has 0 unspecified atom stereocenters. The van der Waals surface area contributed by atoms with Crippen molar-refractivity contribution in [2.75, 3.05) is 20.3 Å². The zero-order valence-corrected chi connectivity index (χ0v) is 13.1. The third-order valence-electron chi connectivity index (χ3n) is 4.47. The highest BCUT2D eigenvalue weighted by Crippen LogP contribution is 2.43. The summed E-state index contributed by atoms with van der Waals surface area (Å²) in [5.74, 6) is -1.11. The largest absolute Gasteiger partial charge is 0.490 e. The summed E-state index contributed by atoms with van der Waals surface area (Å²) in [4.78, 5) is 11.9. The first-order chi connectivity index (χ1) is 11.0. The minimum atomic E-state index is -2.53. The molecule has 126 valence electrons. The van der Waals surface area contributed by atoms with Gasteiger partial charge in [-0.25, -0.2) is 8.78 Å². The van der Waals surface area contributed by atoms with Crippen LogP contribution in [0.15, 0.2) is 12.1 Å². The van der Waals surface area contributed by atoms with E-state index in [0.717, 1.165) is 0 Å². The molecule has 0 bridgehead atoms. The molecule has 1 fully saturated rings. The van der Waals surface area contributed by atoms with Crippen molar-refractivity contribution >= 4 is 5.78 Å². The second-order valence-corrected chi connectivity index (χ2v) is 6.11. The molecule has 2 aliphatic rings. The smallest absolute Gasteiger partial charge is 0.248 e. The van der Waals surface area contributed by atoms with Crippen LogP contribution in [-0.2, 0) is 0 Å². The highest BCUT2D eigenvalue weighted by molar-refractivity contribution is 6.00. The number of hydrogen-bond donors (Lipinski definition) is 0. The van der Waals surface area contributed by atoms with Crippen molar-refractivity contribution in [3.63, 3.8) is 0 Å². The van der Waals surface area contributed by atoms with Crippen LogP contribution in [0.5, 0.6) is 17.2 Å². The maximum absolute atomic E-state index is 13.2. The lowest BCUT2D eigenvalue weighted by molar-refractivity contribution is -0.0499. The Morgan fingerprint density at radius 3 is 2.74 bits per heavy atom. The van der Waals surface area contributed by atoms with Crippen molar-refractivity contribution in [3.05, 3.63) is 17.7 Å². The Balaban J connectivity index is 1.70. The van der Waals surface area contributed by atoms with E-state index >= 15 is 0 Å². The van der Waals surface area contributed by atoms with E-state index in [1.54, 1.807) is 12.1 Å². The number of halogens is 2. The molecule has 1 aromatic rings. The maximum atomic E-state index is 13.2. The van der Waals surface area contributed by atoms with E-state index in [1.165, 1.54) is 7.11 Å². The molecule has 1 saturated carbocycles. The first-order valence-electron chi connectivity index (χ1n) is 7.88. The van der Waals surface area contributed by atoms with Gasteiger partial charge in [0.05, 0.1) is 25.9 Å². The molecule has 0 radical (unpaired) electrons. The third-order valence-corrected chi connectivity index (χ3v) is 4.47. The van der Waals surface area contributed by atoms with Gasteiger partial charge in [-0.15, -0.1) is 0 Å². The number of carbonyl (C=O) groups excluding carboxylic acids is 1. The van der Waals surface area contributed by atoms with Crippen LogP contribution in [-0.4, -0.2) is 32.0 Å². The van der Waals surface area contributed by atoms with Crippen molar-refractivity contribution in [3.8, 4) is 17.2 Å². The zero-order valence-electron chi connectivity index (χ0n) is 13.1. The molecule has 1 heterocycles. The molecule has 3 rings (SSSR count). The van der Waals surface area contributed by atoms with Gasteiger partial charge in [0.25, 0.3) is 0 Å². The summed E-state index contributed by atoms with van der Waals surface area (Å²) >= 11 is 0. The molecule has 1 aliphatic heterocycles. The SMILES string of the molecule is COc1c(OCC2CCC(F)(F)CC2)ccc2c1OCCC2=O. The van der Waals surface area contributed by atoms with Crippen molar-refractivity contribution in [1.82, 2.24) is 0 Å². The van der Waals surface area contributed by atoms with E-state index in [9.17, 15) is 13.6 Å². The summed E-state index contributed by atoms with van der Waals surface area (Å²) in [5, 5.41) is 0. The number of ketones is 1. The summed E-state index contributed by atoms with van der Waals surface area (Å²) in [6.07, 6.45) is 1.09. The molecule has 0 aromatic heterocycles. The Hall–Kier alpha value is -1.85. The van der Waals surface area contributed by atoms with Gasteiger partial charge in [-0.1, -0.05) is 0 Å². The van der Waals surface area contributed by atoms with E-state index in [4.69, 9.17) is 14.2 Å². The van der Waals surface area contributed by atoms with Crippen molar-refractivity contribution in [1.29, 1.82) is 0 Å². The van der Waals surface area contributed by atoms with E-state index in [1.807, 2.05) is 0 Å². The molecule has 1 aliphatic carbocycles. The lowest BCUT2D eigenvalue weighted by Gasteiger charge is -2.28. The van der Waals surface area contributed by atoms with Crippen LogP contribution < -0.4 is 14.2 Å². The Morgan fingerprint density at radius 2 is 2.04 bits per heavy atom. The fourth-order valence-corrected chi connectivity index (χ4v) is 3.07. The number of ether oxygens (including phenoxy) is 3. The lowest BCUT2D eigenvalue weighted by atomic mass is 9.87. The fraction of sp³-hybridized carbons (Fsp3) is 0.588. The van der Waals surface area contributed by atoms with E-state index in [0.29, 0.717) is 55.3 Å². The Labute approximate surface area is 133 Å². The van der Waals surface area contributed by atoms with Crippen LogP contribution in [0.1, 0.15) is 42.5 Å². The van der Waals surface area contributed by atoms with Crippen LogP contribution in [0.4, 0.5) is 8.78 Å². The highest BCUT2D eigenvalue weighted by atomic mass is 19.3. The van der Waals surface area contributed by atoms with Crippen LogP contribution in [0, 0.1) is 5.92 Å². The van der Waals surface area contributed by atoms with Gasteiger partial charge in [-0.2, -0.15) is 0 Å². The number of alkyl halides is 2. The second kappa shape index (κ2) is 6.34. The van der Waals surface area contributed by atoms with Gasteiger partial charge in [-0.05, 0) is 30.9 Å². The number of carbonyl (C=O) groups is 1. The molecule has 4 nitrogen and oxygen atoms in total. The molecule has 0 N–H and O–H groups in total. The summed E-state index contributed by atoms with van der Waals surface area (Å²) < 4.78 is 43.0. The highest BCUT2D eigenvalue weighted by Gasteiger charge is 2.35. The molecule has 23 heavy (non-hydrogen) atoms. The van der Waals surface area contributed by atoms with Gasteiger partial charge in [0.1, 0.15) is 0 Å². The molecular formula is C17H20F2O4. The fourth-order valence-electron chi connectivity index (χ4n) is 3.07. The number of methoxy groups -OCH3 is 1. The lowest BCUT2D eigenvalue weighted by Crippen LogP contribution is -2.27. The first kappa shape index (κ1) is 16.0. The predicted molar refractivity (Wildman–Crippen MR) is 79.8 cm³/mol. The topological polar surface area (TPSA) is 44.8 Å². The number of rotatable bonds is 4. The second-order valence-electron chi connectivity index (χ2n) is 6.11. The predicted octanol–water partition coefficient (Wildman–Crippen LogP) is 3.86. The van der Waals surface area contributed by atoms with Gasteiger partial charge >= 0.3 is 0 Å². The number of benzene rings is 1. The van der Waals surface area contributed by atoms with Gasteiger partial charge in [0.15, 0.2) is 17.3 Å². The molecule has 6 heteroatoms. The summed E-state index contributed by atoms with van der Waals surface area (Å²) in [7, 11) is 1.49. The minimum Gasteiger partial charge on any atom is -0.490 e. The summed E-state index contributed by atoms with van der Waals surface area (Å²) in [6, 6.07) is 3.35. The number of hydrogen-bond acceptors (Lipinski definition) is 4. The van der Waals surface area contributed by atoms with Crippen LogP contribution in [0.3, 0.4) is 0 Å². The van der Waals surface area contributed by atoms with Gasteiger partial charge < -0.3 is 14.2 Å². The third kappa shape index (κ3) is 3.41. The standard InChI is InChI=1S/C17H20F2O4/c1-21-16-14(3-2-12-13(20)6-9-22-15(12)16)23-10-11-4-7-17(18,19)8-5-11/h2-3,11H,4-10H2,1H3. The average Bonchev–Trinajstić information content (AvgIpc) is 2.53. The molecule has 0 amide bonds. The number of fused-ring (bicyclic) bond motifs is 1. The van der Waals surface area contributed by atoms with E-state index < -0.39 is 5.92 Å². The first-order valence-corrected chi connectivity index (χ1v) is 7.88. The molecule has 0 saturated heterocycles. The van der Waals surface area contributed by atoms with Gasteiger partial charge in [0.2, 0.25) is 11.7 Å². The Bertz CT molecular complexity index is 591. The Kier molecular flexibility index (Phi) is 4.41. The van der Waals surface area contributed by atoms with Crippen molar-refractivity contribution in [2.24, 2.45) is 5.92 Å². The zero-order chi connectivity index (χ0) is 16.4. The van der Waals surface area contributed by atoms with Crippen LogP contribution in [0.25, 0.3) is 0 Å². The van der Waals surface area contributed by atoms with E-state index in [-0.39, 0.29) is 24.5 Å². The Morgan fingerprint density at radius 1 is 1.30 bits per heavy atom. The maximum Gasteiger partial charge on any atom is 0.248 e. The quantitative estimate of drug-likeness (QED) is 0.843. The van der Waals surface area contributed by atoms with Crippen molar-refractivity contribution in [2.45, 2.75) is 38.0 Å². The van der Waals surface area contributed by atoms with Gasteiger partial charge in [-0.3, -0.25) is 4.79 Å².